The van der Waals surface area contributed by atoms with E-state index in [9.17, 15) is 0 Å². The molecule has 0 saturated heterocycles. The lowest BCUT2D eigenvalue weighted by Gasteiger charge is -2.09. The van der Waals surface area contributed by atoms with Crippen LogP contribution in [0.2, 0.25) is 0 Å². The molecule has 2 aromatic heterocycles. The Labute approximate surface area is 118 Å². The Morgan fingerprint density at radius 3 is 2.50 bits per heavy atom. The molecule has 1 atom stereocenters. The molecule has 1 unspecified atom stereocenters. The van der Waals surface area contributed by atoms with Gasteiger partial charge in [0.25, 0.3) is 0 Å². The van der Waals surface area contributed by atoms with E-state index in [1.165, 1.54) is 0 Å². The molecular formula is C17H19NO2. The molecule has 3 aromatic rings. The second kappa shape index (κ2) is 5.17. The summed E-state index contributed by atoms with van der Waals surface area (Å²) in [6.45, 7) is 4.15. The van der Waals surface area contributed by atoms with E-state index in [0.29, 0.717) is 0 Å². The number of furan rings is 2. The van der Waals surface area contributed by atoms with Gasteiger partial charge in [-0.25, -0.2) is 0 Å². The van der Waals surface area contributed by atoms with Crippen molar-refractivity contribution in [3.63, 3.8) is 0 Å². The van der Waals surface area contributed by atoms with Gasteiger partial charge in [0.05, 0.1) is 6.04 Å². The average molecular weight is 269 g/mol. The van der Waals surface area contributed by atoms with Gasteiger partial charge in [-0.2, -0.15) is 0 Å². The first-order chi connectivity index (χ1) is 9.74. The Kier molecular flexibility index (Phi) is 3.36. The second-order valence-electron chi connectivity index (χ2n) is 4.92. The van der Waals surface area contributed by atoms with Crippen LogP contribution in [0.1, 0.15) is 42.7 Å². The highest BCUT2D eigenvalue weighted by Crippen LogP contribution is 2.33. The molecule has 0 fully saturated rings. The van der Waals surface area contributed by atoms with Crippen molar-refractivity contribution < 1.29 is 8.83 Å². The predicted octanol–water partition coefficient (Wildman–Crippen LogP) is 4.20. The van der Waals surface area contributed by atoms with Gasteiger partial charge in [-0.15, -0.1) is 0 Å². The van der Waals surface area contributed by atoms with Gasteiger partial charge in [0.2, 0.25) is 0 Å². The maximum Gasteiger partial charge on any atom is 0.134 e. The van der Waals surface area contributed by atoms with Crippen molar-refractivity contribution in [2.45, 2.75) is 32.7 Å². The summed E-state index contributed by atoms with van der Waals surface area (Å²) in [4.78, 5) is 0. The molecule has 0 bridgehead atoms. The minimum Gasteiger partial charge on any atom is -0.464 e. The summed E-state index contributed by atoms with van der Waals surface area (Å²) in [5, 5.41) is 1.08. The Bertz CT molecular complexity index is 724. The van der Waals surface area contributed by atoms with Gasteiger partial charge in [-0.3, -0.25) is 0 Å². The number of aryl methyl sites for hydroxylation is 2. The molecule has 3 rings (SSSR count). The zero-order valence-corrected chi connectivity index (χ0v) is 11.8. The van der Waals surface area contributed by atoms with Gasteiger partial charge < -0.3 is 14.6 Å². The molecule has 3 nitrogen and oxygen atoms in total. The molecule has 0 saturated carbocycles. The first-order valence-corrected chi connectivity index (χ1v) is 7.09. The number of hydrogen-bond acceptors (Lipinski definition) is 3. The summed E-state index contributed by atoms with van der Waals surface area (Å²) in [5.41, 5.74) is 8.35. The van der Waals surface area contributed by atoms with E-state index >= 15 is 0 Å². The monoisotopic (exact) mass is 269 g/mol. The van der Waals surface area contributed by atoms with Crippen LogP contribution < -0.4 is 5.73 Å². The maximum absolute atomic E-state index is 6.42. The number of hydrogen-bond donors (Lipinski definition) is 1. The molecular weight excluding hydrogens is 250 g/mol. The maximum atomic E-state index is 6.42. The van der Waals surface area contributed by atoms with Crippen LogP contribution in [0.4, 0.5) is 0 Å². The fourth-order valence-corrected chi connectivity index (χ4v) is 2.61. The zero-order chi connectivity index (χ0) is 14.1. The lowest BCUT2D eigenvalue weighted by molar-refractivity contribution is 0.450. The number of fused-ring (bicyclic) bond motifs is 1. The highest BCUT2D eigenvalue weighted by atomic mass is 16.3. The molecule has 0 aliphatic rings. The standard InChI is InChI=1S/C17H19NO2/c1-3-11-9-10-15(19-11)17(18)16-12-7-5-6-8-14(12)20-13(16)4-2/h5-10,17H,3-4,18H2,1-2H3. The summed E-state index contributed by atoms with van der Waals surface area (Å²) in [6, 6.07) is 11.7. The van der Waals surface area contributed by atoms with Gasteiger partial charge in [-0.05, 0) is 18.2 Å². The largest absolute Gasteiger partial charge is 0.464 e. The fourth-order valence-electron chi connectivity index (χ4n) is 2.61. The van der Waals surface area contributed by atoms with Crippen LogP contribution in [0.15, 0.2) is 45.2 Å². The van der Waals surface area contributed by atoms with Gasteiger partial charge in [0.15, 0.2) is 0 Å². The van der Waals surface area contributed by atoms with Gasteiger partial charge in [0, 0.05) is 23.8 Å². The van der Waals surface area contributed by atoms with Crippen molar-refractivity contribution in [2.75, 3.05) is 0 Å². The molecule has 2 heterocycles. The third-order valence-corrected chi connectivity index (χ3v) is 3.68. The van der Waals surface area contributed by atoms with Crippen LogP contribution in [0, 0.1) is 0 Å². The Morgan fingerprint density at radius 2 is 1.80 bits per heavy atom. The highest BCUT2D eigenvalue weighted by molar-refractivity contribution is 5.83. The highest BCUT2D eigenvalue weighted by Gasteiger charge is 2.22. The number of benzene rings is 1. The molecule has 3 heteroatoms. The van der Waals surface area contributed by atoms with E-state index in [1.54, 1.807) is 0 Å². The molecule has 0 spiro atoms. The van der Waals surface area contributed by atoms with E-state index in [2.05, 4.69) is 19.9 Å². The van der Waals surface area contributed by atoms with Crippen molar-refractivity contribution in [1.29, 1.82) is 0 Å². The molecule has 0 radical (unpaired) electrons. The van der Waals surface area contributed by atoms with E-state index in [4.69, 9.17) is 14.6 Å². The summed E-state index contributed by atoms with van der Waals surface area (Å²) in [5.74, 6) is 2.69. The Hall–Kier alpha value is -2.00. The Morgan fingerprint density at radius 1 is 1.00 bits per heavy atom. The van der Waals surface area contributed by atoms with Crippen LogP contribution in [-0.2, 0) is 12.8 Å². The SMILES string of the molecule is CCc1ccc(C(N)c2c(CC)oc3ccccc23)o1. The van der Waals surface area contributed by atoms with Gasteiger partial charge in [-0.1, -0.05) is 32.0 Å². The lowest BCUT2D eigenvalue weighted by atomic mass is 10.0. The molecule has 104 valence electrons. The van der Waals surface area contributed by atoms with E-state index in [1.807, 2.05) is 30.3 Å². The van der Waals surface area contributed by atoms with E-state index in [0.717, 1.165) is 46.7 Å². The summed E-state index contributed by atoms with van der Waals surface area (Å²) in [7, 11) is 0. The van der Waals surface area contributed by atoms with Crippen molar-refractivity contribution in [1.82, 2.24) is 0 Å². The molecule has 0 aliphatic carbocycles. The molecule has 0 aliphatic heterocycles. The third kappa shape index (κ3) is 2.04. The summed E-state index contributed by atoms with van der Waals surface area (Å²) < 4.78 is 11.7. The first-order valence-electron chi connectivity index (χ1n) is 7.09. The summed E-state index contributed by atoms with van der Waals surface area (Å²) >= 11 is 0. The quantitative estimate of drug-likeness (QED) is 0.772. The normalized spacial score (nSPS) is 12.9. The Balaban J connectivity index is 2.12. The smallest absolute Gasteiger partial charge is 0.134 e. The lowest BCUT2D eigenvalue weighted by Crippen LogP contribution is -2.12. The van der Waals surface area contributed by atoms with E-state index in [-0.39, 0.29) is 6.04 Å². The van der Waals surface area contributed by atoms with Crippen LogP contribution >= 0.6 is 0 Å². The van der Waals surface area contributed by atoms with Crippen molar-refractivity contribution in [3.8, 4) is 0 Å². The average Bonchev–Trinajstić information content (AvgIpc) is 3.10. The van der Waals surface area contributed by atoms with Crippen LogP contribution in [0.3, 0.4) is 0 Å². The van der Waals surface area contributed by atoms with Crippen LogP contribution in [-0.4, -0.2) is 0 Å². The fraction of sp³-hybridized carbons (Fsp3) is 0.294. The third-order valence-electron chi connectivity index (χ3n) is 3.68. The van der Waals surface area contributed by atoms with Crippen molar-refractivity contribution in [2.24, 2.45) is 5.73 Å². The number of rotatable bonds is 4. The van der Waals surface area contributed by atoms with Crippen molar-refractivity contribution in [3.05, 3.63) is 59.2 Å². The number of nitrogens with two attached hydrogens (primary N) is 1. The molecule has 1 aromatic carbocycles. The number of para-hydroxylation sites is 1. The van der Waals surface area contributed by atoms with Crippen LogP contribution in [0.25, 0.3) is 11.0 Å². The van der Waals surface area contributed by atoms with E-state index < -0.39 is 0 Å². The van der Waals surface area contributed by atoms with Gasteiger partial charge >= 0.3 is 0 Å². The summed E-state index contributed by atoms with van der Waals surface area (Å²) in [6.07, 6.45) is 1.69. The molecule has 2 N–H and O–H groups in total. The predicted molar refractivity (Wildman–Crippen MR) is 79.7 cm³/mol. The second-order valence-corrected chi connectivity index (χ2v) is 4.92. The van der Waals surface area contributed by atoms with Crippen LogP contribution in [0.5, 0.6) is 0 Å². The van der Waals surface area contributed by atoms with Gasteiger partial charge in [0.1, 0.15) is 22.9 Å². The topological polar surface area (TPSA) is 52.3 Å². The minimum atomic E-state index is -0.283. The first kappa shape index (κ1) is 13.0. The molecule has 0 amide bonds. The molecule has 20 heavy (non-hydrogen) atoms. The zero-order valence-electron chi connectivity index (χ0n) is 11.8. The van der Waals surface area contributed by atoms with Crippen molar-refractivity contribution >= 4 is 11.0 Å². The minimum absolute atomic E-state index is 0.283.